The van der Waals surface area contributed by atoms with E-state index in [1.165, 1.54) is 11.6 Å². The lowest BCUT2D eigenvalue weighted by Gasteiger charge is -2.07. The number of Topliss-reactive ketones (excluding diaryl/α,β-unsaturated/α-hetero) is 1. The van der Waals surface area contributed by atoms with Crippen LogP contribution in [0.25, 0.3) is 16.7 Å². The fourth-order valence-electron chi connectivity index (χ4n) is 1.93. The largest absolute Gasteiger partial charge is 0.293 e. The van der Waals surface area contributed by atoms with E-state index >= 15 is 0 Å². The molecular formula is C11H7Cl2N5OS. The number of hydrogen-bond donors (Lipinski definition) is 0. The molecule has 2 aromatic heterocycles. The van der Waals surface area contributed by atoms with Gasteiger partial charge in [-0.3, -0.25) is 4.79 Å². The molecule has 0 radical (unpaired) electrons. The van der Waals surface area contributed by atoms with Gasteiger partial charge < -0.3 is 0 Å². The minimum Gasteiger partial charge on any atom is -0.293 e. The third-order valence-electron chi connectivity index (χ3n) is 2.86. The van der Waals surface area contributed by atoms with E-state index in [0.717, 1.165) is 11.7 Å². The second kappa shape index (κ2) is 4.76. The van der Waals surface area contributed by atoms with Gasteiger partial charge in [0.2, 0.25) is 0 Å². The normalized spacial score (nSPS) is 11.2. The van der Waals surface area contributed by atoms with Gasteiger partial charge in [0.1, 0.15) is 16.7 Å². The summed E-state index contributed by atoms with van der Waals surface area (Å²) >= 11 is 13.4. The van der Waals surface area contributed by atoms with Gasteiger partial charge in [-0.15, -0.1) is 5.10 Å². The monoisotopic (exact) mass is 327 g/mol. The van der Waals surface area contributed by atoms with Gasteiger partial charge in [0.15, 0.2) is 11.5 Å². The van der Waals surface area contributed by atoms with Gasteiger partial charge in [-0.1, -0.05) is 28.4 Å². The number of halogens is 2. The van der Waals surface area contributed by atoms with E-state index < -0.39 is 0 Å². The molecule has 0 bridgehead atoms. The van der Waals surface area contributed by atoms with Crippen LogP contribution in [-0.4, -0.2) is 29.5 Å². The van der Waals surface area contributed by atoms with E-state index in [0.29, 0.717) is 38.2 Å². The van der Waals surface area contributed by atoms with Crippen LogP contribution in [0.1, 0.15) is 23.1 Å². The fraction of sp³-hybridized carbons (Fsp3) is 0.182. The van der Waals surface area contributed by atoms with Gasteiger partial charge in [0.05, 0.1) is 27.5 Å². The van der Waals surface area contributed by atoms with Crippen molar-refractivity contribution in [3.8, 4) is 5.69 Å². The molecule has 2 heterocycles. The zero-order valence-electron chi connectivity index (χ0n) is 10.4. The highest BCUT2D eigenvalue weighted by atomic mass is 35.5. The predicted octanol–water partition coefficient (Wildman–Crippen LogP) is 3.09. The molecule has 0 N–H and O–H groups in total. The molecule has 0 aliphatic carbocycles. The molecule has 0 amide bonds. The molecule has 0 fully saturated rings. The van der Waals surface area contributed by atoms with Gasteiger partial charge in [-0.05, 0) is 13.0 Å². The molecule has 0 saturated heterocycles. The molecule has 6 nitrogen and oxygen atoms in total. The van der Waals surface area contributed by atoms with Crippen molar-refractivity contribution in [3.05, 3.63) is 27.5 Å². The lowest BCUT2D eigenvalue weighted by molar-refractivity contribution is 0.101. The summed E-state index contributed by atoms with van der Waals surface area (Å²) < 4.78 is 9.81. The Morgan fingerprint density at radius 3 is 2.60 bits per heavy atom. The highest BCUT2D eigenvalue weighted by Gasteiger charge is 2.20. The van der Waals surface area contributed by atoms with Gasteiger partial charge in [-0.2, -0.15) is 8.75 Å². The number of aromatic nitrogens is 5. The first-order valence-corrected chi connectivity index (χ1v) is 7.03. The van der Waals surface area contributed by atoms with E-state index in [9.17, 15) is 4.79 Å². The Labute approximate surface area is 127 Å². The van der Waals surface area contributed by atoms with Crippen molar-refractivity contribution >= 4 is 51.7 Å². The quantitative estimate of drug-likeness (QED) is 0.676. The zero-order chi connectivity index (χ0) is 14.4. The predicted molar refractivity (Wildman–Crippen MR) is 77.1 cm³/mol. The molecule has 3 aromatic rings. The van der Waals surface area contributed by atoms with E-state index in [4.69, 9.17) is 23.2 Å². The van der Waals surface area contributed by atoms with E-state index in [1.54, 1.807) is 13.0 Å². The first-order chi connectivity index (χ1) is 9.50. The average Bonchev–Trinajstić information content (AvgIpc) is 2.97. The van der Waals surface area contributed by atoms with E-state index in [1.807, 2.05) is 0 Å². The van der Waals surface area contributed by atoms with Crippen molar-refractivity contribution < 1.29 is 4.79 Å². The zero-order valence-corrected chi connectivity index (χ0v) is 12.7. The maximum Gasteiger partial charge on any atom is 0.181 e. The average molecular weight is 328 g/mol. The van der Waals surface area contributed by atoms with Crippen molar-refractivity contribution in [2.45, 2.75) is 13.8 Å². The minimum absolute atomic E-state index is 0.161. The number of benzene rings is 1. The summed E-state index contributed by atoms with van der Waals surface area (Å²) in [6.07, 6.45) is 0. The van der Waals surface area contributed by atoms with Crippen molar-refractivity contribution in [2.75, 3.05) is 0 Å². The summed E-state index contributed by atoms with van der Waals surface area (Å²) in [7, 11) is 0. The van der Waals surface area contributed by atoms with Gasteiger partial charge >= 0.3 is 0 Å². The first-order valence-electron chi connectivity index (χ1n) is 5.54. The minimum atomic E-state index is -0.161. The van der Waals surface area contributed by atoms with Crippen LogP contribution < -0.4 is 0 Å². The molecule has 3 rings (SSSR count). The van der Waals surface area contributed by atoms with Crippen molar-refractivity contribution in [2.24, 2.45) is 0 Å². The summed E-state index contributed by atoms with van der Waals surface area (Å²) in [5.74, 6) is -0.161. The molecule has 20 heavy (non-hydrogen) atoms. The highest BCUT2D eigenvalue weighted by Crippen LogP contribution is 2.34. The molecule has 0 aliphatic heterocycles. The summed E-state index contributed by atoms with van der Waals surface area (Å²) in [6, 6.07) is 1.58. The molecule has 1 aromatic carbocycles. The number of ketones is 1. The summed E-state index contributed by atoms with van der Waals surface area (Å²) in [6.45, 7) is 3.18. The third-order valence-corrected chi connectivity index (χ3v) is 3.96. The van der Waals surface area contributed by atoms with Crippen LogP contribution >= 0.6 is 34.9 Å². The van der Waals surface area contributed by atoms with Crippen LogP contribution in [0, 0.1) is 6.92 Å². The topological polar surface area (TPSA) is 73.6 Å². The second-order valence-corrected chi connectivity index (χ2v) is 5.48. The molecule has 0 aliphatic rings. The van der Waals surface area contributed by atoms with Crippen molar-refractivity contribution in [1.82, 2.24) is 23.7 Å². The Morgan fingerprint density at radius 1 is 1.25 bits per heavy atom. The molecule has 9 heteroatoms. The molecule has 102 valence electrons. The Morgan fingerprint density at radius 2 is 1.95 bits per heavy atom. The van der Waals surface area contributed by atoms with Crippen LogP contribution in [0.5, 0.6) is 0 Å². The van der Waals surface area contributed by atoms with Crippen LogP contribution in [0.3, 0.4) is 0 Å². The number of carbonyl (C=O) groups excluding carboxylic acids is 1. The molecular weight excluding hydrogens is 321 g/mol. The number of rotatable bonds is 2. The Hall–Kier alpha value is -1.57. The lowest BCUT2D eigenvalue weighted by atomic mass is 10.2. The molecule has 0 atom stereocenters. The van der Waals surface area contributed by atoms with Crippen LogP contribution in [0.15, 0.2) is 6.07 Å². The van der Waals surface area contributed by atoms with Gasteiger partial charge in [-0.25, -0.2) is 4.68 Å². The maximum absolute atomic E-state index is 11.5. The Bertz CT molecular complexity index is 841. The van der Waals surface area contributed by atoms with Gasteiger partial charge in [0, 0.05) is 6.92 Å². The smallest absolute Gasteiger partial charge is 0.181 e. The summed E-state index contributed by atoms with van der Waals surface area (Å²) in [5, 5.41) is 8.65. The van der Waals surface area contributed by atoms with Crippen molar-refractivity contribution in [3.63, 3.8) is 0 Å². The number of nitrogens with zero attached hydrogens (tertiary/aromatic N) is 5. The standard InChI is InChI=1S/C11H7Cl2N5OS/c1-4-8(5(2)19)14-17-18(4)11-7(13)3-6(12)9-10(11)16-20-15-9/h3H,1-2H3. The molecule has 0 unspecified atom stereocenters. The molecule has 0 saturated carbocycles. The first kappa shape index (κ1) is 13.4. The Balaban J connectivity index is 2.35. The Kier molecular flexibility index (Phi) is 3.19. The van der Waals surface area contributed by atoms with Crippen LogP contribution in [0.4, 0.5) is 0 Å². The third kappa shape index (κ3) is 1.90. The number of fused-ring (bicyclic) bond motifs is 1. The SMILES string of the molecule is CC(=O)c1nnn(-c2c(Cl)cc(Cl)c3nsnc23)c1C. The summed E-state index contributed by atoms with van der Waals surface area (Å²) in [5.41, 5.74) is 2.51. The van der Waals surface area contributed by atoms with Gasteiger partial charge in [0.25, 0.3) is 0 Å². The van der Waals surface area contributed by atoms with E-state index in [-0.39, 0.29) is 5.78 Å². The van der Waals surface area contributed by atoms with Crippen LogP contribution in [0.2, 0.25) is 10.0 Å². The van der Waals surface area contributed by atoms with E-state index in [2.05, 4.69) is 19.1 Å². The fourth-order valence-corrected chi connectivity index (χ4v) is 3.12. The summed E-state index contributed by atoms with van der Waals surface area (Å²) in [4.78, 5) is 11.5. The lowest BCUT2D eigenvalue weighted by Crippen LogP contribution is -2.03. The second-order valence-electron chi connectivity index (χ2n) is 4.14. The maximum atomic E-state index is 11.5. The van der Waals surface area contributed by atoms with Crippen molar-refractivity contribution in [1.29, 1.82) is 0 Å². The highest BCUT2D eigenvalue weighted by molar-refractivity contribution is 7.00. The number of hydrogen-bond acceptors (Lipinski definition) is 6. The molecule has 0 spiro atoms. The number of carbonyl (C=O) groups is 1. The van der Waals surface area contributed by atoms with Crippen LogP contribution in [-0.2, 0) is 0 Å².